The molecule has 0 N–H and O–H groups in total. The molecular formula is C15H10BrIN4O. The summed E-state index contributed by atoms with van der Waals surface area (Å²) in [4.78, 5) is 16.9. The Morgan fingerprint density at radius 3 is 2.86 bits per heavy atom. The number of aromatic nitrogens is 4. The zero-order valence-corrected chi connectivity index (χ0v) is 15.0. The Bertz CT molecular complexity index is 819. The van der Waals surface area contributed by atoms with Gasteiger partial charge in [0.2, 0.25) is 5.78 Å². The highest BCUT2D eigenvalue weighted by atomic mass is 127. The number of rotatable bonds is 4. The van der Waals surface area contributed by atoms with Crippen LogP contribution in [0.2, 0.25) is 0 Å². The van der Waals surface area contributed by atoms with Crippen LogP contribution in [0.25, 0.3) is 5.69 Å². The molecule has 1 aromatic carbocycles. The molecule has 0 aliphatic heterocycles. The Labute approximate surface area is 149 Å². The van der Waals surface area contributed by atoms with Gasteiger partial charge in [-0.3, -0.25) is 14.3 Å². The van der Waals surface area contributed by atoms with Gasteiger partial charge in [-0.1, -0.05) is 44.6 Å². The van der Waals surface area contributed by atoms with E-state index in [1.807, 2.05) is 16.7 Å². The molecule has 0 spiro atoms. The zero-order chi connectivity index (χ0) is 15.5. The molecule has 0 aliphatic carbocycles. The minimum atomic E-state index is -0.134. The smallest absolute Gasteiger partial charge is 0.213 e. The third kappa shape index (κ3) is 2.95. The van der Waals surface area contributed by atoms with E-state index < -0.39 is 0 Å². The number of carbonyl (C=O) groups excluding carboxylic acids is 1. The van der Waals surface area contributed by atoms with Gasteiger partial charge in [-0.15, -0.1) is 10.2 Å². The van der Waals surface area contributed by atoms with Crippen LogP contribution in [0, 0.1) is 0 Å². The van der Waals surface area contributed by atoms with Crippen molar-refractivity contribution in [2.24, 2.45) is 0 Å². The highest BCUT2D eigenvalue weighted by molar-refractivity contribution is 14.1. The number of ketones is 1. The fourth-order valence-electron chi connectivity index (χ4n) is 2.09. The average molecular weight is 469 g/mol. The summed E-state index contributed by atoms with van der Waals surface area (Å²) in [5.41, 5.74) is 1.71. The summed E-state index contributed by atoms with van der Waals surface area (Å²) in [5, 5.41) is 8.01. The highest BCUT2D eigenvalue weighted by Gasteiger charge is 2.18. The van der Waals surface area contributed by atoms with Crippen LogP contribution in [0.15, 0.2) is 53.4 Å². The number of nitrogens with zero attached hydrogens (tertiary/aromatic N) is 4. The van der Waals surface area contributed by atoms with Gasteiger partial charge in [-0.25, -0.2) is 0 Å². The molecule has 0 atom stereocenters. The summed E-state index contributed by atoms with van der Waals surface area (Å²) in [6.45, 7) is 0. The first-order chi connectivity index (χ1) is 10.7. The molecule has 7 heteroatoms. The van der Waals surface area contributed by atoms with E-state index in [-0.39, 0.29) is 5.78 Å². The van der Waals surface area contributed by atoms with Crippen molar-refractivity contribution in [2.75, 3.05) is 0 Å². The Kier molecular flexibility index (Phi) is 4.63. The van der Waals surface area contributed by atoms with Crippen molar-refractivity contribution in [3.05, 3.63) is 70.5 Å². The summed E-state index contributed by atoms with van der Waals surface area (Å²) < 4.78 is 3.36. The van der Waals surface area contributed by atoms with E-state index in [0.717, 1.165) is 16.0 Å². The largest absolute Gasteiger partial charge is 0.287 e. The van der Waals surface area contributed by atoms with Crippen LogP contribution in [0.3, 0.4) is 0 Å². The standard InChI is InChI=1S/C15H10BrIN4O/c16-10-4-5-13(21-9-19-20-14(21)8-17)11(7-10)15(22)12-3-1-2-6-18-12/h1-7,9H,8H2. The first-order valence-corrected chi connectivity index (χ1v) is 8.73. The fraction of sp³-hybridized carbons (Fsp3) is 0.0667. The number of pyridine rings is 1. The van der Waals surface area contributed by atoms with Crippen molar-refractivity contribution < 1.29 is 4.79 Å². The first-order valence-electron chi connectivity index (χ1n) is 6.41. The summed E-state index contributed by atoms with van der Waals surface area (Å²) in [7, 11) is 0. The van der Waals surface area contributed by atoms with Gasteiger partial charge in [0.15, 0.2) is 0 Å². The van der Waals surface area contributed by atoms with Gasteiger partial charge < -0.3 is 0 Å². The van der Waals surface area contributed by atoms with E-state index in [1.54, 1.807) is 36.8 Å². The molecule has 2 aromatic heterocycles. The van der Waals surface area contributed by atoms with Crippen LogP contribution >= 0.6 is 38.5 Å². The predicted molar refractivity (Wildman–Crippen MR) is 94.5 cm³/mol. The van der Waals surface area contributed by atoms with E-state index in [4.69, 9.17) is 0 Å². The number of alkyl halides is 1. The van der Waals surface area contributed by atoms with E-state index in [1.165, 1.54) is 0 Å². The lowest BCUT2D eigenvalue weighted by molar-refractivity contribution is 0.103. The second-order valence-corrected chi connectivity index (χ2v) is 6.13. The molecule has 5 nitrogen and oxygen atoms in total. The van der Waals surface area contributed by atoms with Crippen molar-refractivity contribution in [1.29, 1.82) is 0 Å². The van der Waals surface area contributed by atoms with Crippen molar-refractivity contribution in [2.45, 2.75) is 4.43 Å². The molecule has 2 heterocycles. The Balaban J connectivity index is 2.15. The van der Waals surface area contributed by atoms with Gasteiger partial charge in [-0.05, 0) is 30.3 Å². The third-order valence-electron chi connectivity index (χ3n) is 3.10. The lowest BCUT2D eigenvalue weighted by Crippen LogP contribution is -2.10. The second kappa shape index (κ2) is 6.66. The second-order valence-electron chi connectivity index (χ2n) is 4.46. The van der Waals surface area contributed by atoms with Crippen LogP contribution in [-0.2, 0) is 4.43 Å². The van der Waals surface area contributed by atoms with Crippen molar-refractivity contribution in [3.8, 4) is 5.69 Å². The van der Waals surface area contributed by atoms with E-state index >= 15 is 0 Å². The summed E-state index contributed by atoms with van der Waals surface area (Å²) in [6, 6.07) is 10.8. The zero-order valence-electron chi connectivity index (χ0n) is 11.3. The molecule has 22 heavy (non-hydrogen) atoms. The number of carbonyl (C=O) groups is 1. The van der Waals surface area contributed by atoms with E-state index in [2.05, 4.69) is 53.7 Å². The van der Waals surface area contributed by atoms with E-state index in [9.17, 15) is 4.79 Å². The predicted octanol–water partition coefficient (Wildman–Crippen LogP) is 3.59. The molecule has 0 fully saturated rings. The van der Waals surface area contributed by atoms with Gasteiger partial charge in [0.25, 0.3) is 0 Å². The SMILES string of the molecule is O=C(c1ccccn1)c1cc(Br)ccc1-n1cnnc1CI. The molecule has 0 amide bonds. The van der Waals surface area contributed by atoms with Crippen LogP contribution in [-0.4, -0.2) is 25.5 Å². The van der Waals surface area contributed by atoms with Gasteiger partial charge >= 0.3 is 0 Å². The van der Waals surface area contributed by atoms with Crippen molar-refractivity contribution in [1.82, 2.24) is 19.7 Å². The maximum atomic E-state index is 12.8. The number of hydrogen-bond donors (Lipinski definition) is 0. The Hall–Kier alpha value is -1.61. The minimum absolute atomic E-state index is 0.134. The topological polar surface area (TPSA) is 60.7 Å². The lowest BCUT2D eigenvalue weighted by atomic mass is 10.1. The normalized spacial score (nSPS) is 10.6. The van der Waals surface area contributed by atoms with Crippen LogP contribution < -0.4 is 0 Å². The summed E-state index contributed by atoms with van der Waals surface area (Å²) in [5.74, 6) is 0.656. The fourth-order valence-corrected chi connectivity index (χ4v) is 2.97. The molecule has 0 aliphatic rings. The first kappa shape index (κ1) is 15.3. The number of halogens is 2. The monoisotopic (exact) mass is 468 g/mol. The van der Waals surface area contributed by atoms with Gasteiger partial charge in [0, 0.05) is 16.2 Å². The molecule has 0 saturated heterocycles. The summed E-state index contributed by atoms with van der Waals surface area (Å²) in [6.07, 6.45) is 3.23. The number of hydrogen-bond acceptors (Lipinski definition) is 4. The number of benzene rings is 1. The maximum Gasteiger partial charge on any atom is 0.213 e. The molecule has 0 bridgehead atoms. The van der Waals surface area contributed by atoms with Crippen molar-refractivity contribution in [3.63, 3.8) is 0 Å². The molecule has 3 rings (SSSR count). The Morgan fingerprint density at radius 1 is 1.27 bits per heavy atom. The molecule has 0 radical (unpaired) electrons. The summed E-state index contributed by atoms with van der Waals surface area (Å²) >= 11 is 5.64. The van der Waals surface area contributed by atoms with E-state index in [0.29, 0.717) is 15.7 Å². The van der Waals surface area contributed by atoms with Gasteiger partial charge in [0.1, 0.15) is 17.8 Å². The van der Waals surface area contributed by atoms with Crippen molar-refractivity contribution >= 4 is 44.3 Å². The van der Waals surface area contributed by atoms with Gasteiger partial charge in [-0.2, -0.15) is 0 Å². The lowest BCUT2D eigenvalue weighted by Gasteiger charge is -2.11. The average Bonchev–Trinajstić information content (AvgIpc) is 3.03. The third-order valence-corrected chi connectivity index (χ3v) is 4.27. The quantitative estimate of drug-likeness (QED) is 0.333. The molecule has 0 saturated carbocycles. The van der Waals surface area contributed by atoms with Crippen LogP contribution in [0.1, 0.15) is 21.9 Å². The minimum Gasteiger partial charge on any atom is -0.287 e. The molecular weight excluding hydrogens is 459 g/mol. The van der Waals surface area contributed by atoms with Crippen LogP contribution in [0.5, 0.6) is 0 Å². The molecule has 0 unspecified atom stereocenters. The van der Waals surface area contributed by atoms with Crippen LogP contribution in [0.4, 0.5) is 0 Å². The Morgan fingerprint density at radius 2 is 2.14 bits per heavy atom. The maximum absolute atomic E-state index is 12.8. The molecule has 3 aromatic rings. The molecule has 110 valence electrons. The highest BCUT2D eigenvalue weighted by Crippen LogP contribution is 2.23. The van der Waals surface area contributed by atoms with Gasteiger partial charge in [0.05, 0.1) is 10.1 Å².